The third kappa shape index (κ3) is 4.87. The lowest BCUT2D eigenvalue weighted by Gasteiger charge is -2.23. The first-order chi connectivity index (χ1) is 9.41. The highest BCUT2D eigenvalue weighted by atomic mass is 16.4. The maximum Gasteiger partial charge on any atom is 0.326 e. The van der Waals surface area contributed by atoms with Crippen molar-refractivity contribution in [1.29, 1.82) is 0 Å². The van der Waals surface area contributed by atoms with Crippen molar-refractivity contribution < 1.29 is 14.7 Å². The first-order valence-corrected chi connectivity index (χ1v) is 6.56. The molecule has 0 aliphatic rings. The minimum atomic E-state index is -1.02. The molecule has 20 heavy (non-hydrogen) atoms. The number of amides is 2. The van der Waals surface area contributed by atoms with Gasteiger partial charge in [-0.25, -0.2) is 9.59 Å². The maximum absolute atomic E-state index is 11.9. The molecule has 0 aromatic carbocycles. The first-order valence-electron chi connectivity index (χ1n) is 6.56. The topological polar surface area (TPSA) is 82.5 Å². The second kappa shape index (κ2) is 7.47. The van der Waals surface area contributed by atoms with E-state index in [-0.39, 0.29) is 11.9 Å². The van der Waals surface area contributed by atoms with Crippen LogP contribution in [0.25, 0.3) is 0 Å². The Hall–Kier alpha value is -2.11. The molecule has 0 aliphatic heterocycles. The molecular formula is C14H21N3O3. The highest BCUT2D eigenvalue weighted by Gasteiger charge is 2.24. The lowest BCUT2D eigenvalue weighted by Crippen LogP contribution is -2.49. The number of hydrogen-bond acceptors (Lipinski definition) is 3. The lowest BCUT2D eigenvalue weighted by atomic mass is 10.1. The minimum Gasteiger partial charge on any atom is -0.480 e. The predicted octanol–water partition coefficient (Wildman–Crippen LogP) is 1.37. The molecule has 0 radical (unpaired) electrons. The molecule has 110 valence electrons. The van der Waals surface area contributed by atoms with E-state index in [4.69, 9.17) is 5.11 Å². The fourth-order valence-corrected chi connectivity index (χ4v) is 1.69. The molecule has 1 aromatic rings. The van der Waals surface area contributed by atoms with Crippen LogP contribution in [0.15, 0.2) is 24.4 Å². The number of carbonyl (C=O) groups excluding carboxylic acids is 1. The van der Waals surface area contributed by atoms with Gasteiger partial charge in [0.05, 0.1) is 0 Å². The monoisotopic (exact) mass is 279 g/mol. The Kier molecular flexibility index (Phi) is 5.96. The second-order valence-corrected chi connectivity index (χ2v) is 5.00. The van der Waals surface area contributed by atoms with Crippen molar-refractivity contribution in [2.75, 3.05) is 13.6 Å². The maximum atomic E-state index is 11.9. The van der Waals surface area contributed by atoms with Gasteiger partial charge in [-0.1, -0.05) is 19.9 Å². The molecule has 2 N–H and O–H groups in total. The van der Waals surface area contributed by atoms with E-state index in [2.05, 4.69) is 10.3 Å². The number of rotatable bonds is 6. The Balaban J connectivity index is 2.48. The quantitative estimate of drug-likeness (QED) is 0.824. The number of pyridine rings is 1. The van der Waals surface area contributed by atoms with Crippen LogP contribution in [0.1, 0.15) is 19.5 Å². The summed E-state index contributed by atoms with van der Waals surface area (Å²) in [6.07, 6.45) is 2.33. The van der Waals surface area contributed by atoms with Crippen molar-refractivity contribution in [3.63, 3.8) is 0 Å². The number of aromatic nitrogens is 1. The summed E-state index contributed by atoms with van der Waals surface area (Å²) in [6, 6.07) is 4.35. The molecule has 1 unspecified atom stereocenters. The molecular weight excluding hydrogens is 258 g/mol. The van der Waals surface area contributed by atoms with Crippen molar-refractivity contribution in [3.05, 3.63) is 30.1 Å². The average molecular weight is 279 g/mol. The van der Waals surface area contributed by atoms with Crippen molar-refractivity contribution in [1.82, 2.24) is 15.2 Å². The van der Waals surface area contributed by atoms with Crippen molar-refractivity contribution in [2.24, 2.45) is 5.92 Å². The molecule has 0 aliphatic carbocycles. The summed E-state index contributed by atoms with van der Waals surface area (Å²) in [5, 5.41) is 11.6. The molecule has 1 rings (SSSR count). The number of nitrogens with one attached hydrogen (secondary N) is 1. The van der Waals surface area contributed by atoms with Crippen molar-refractivity contribution in [2.45, 2.75) is 26.3 Å². The van der Waals surface area contributed by atoms with Crippen molar-refractivity contribution in [3.8, 4) is 0 Å². The molecule has 6 nitrogen and oxygen atoms in total. The van der Waals surface area contributed by atoms with Crippen LogP contribution >= 0.6 is 0 Å². The Morgan fingerprint density at radius 2 is 2.10 bits per heavy atom. The summed E-state index contributed by atoms with van der Waals surface area (Å²) >= 11 is 0. The summed E-state index contributed by atoms with van der Waals surface area (Å²) in [6.45, 7) is 3.99. The highest BCUT2D eigenvalue weighted by Crippen LogP contribution is 2.03. The molecule has 2 amide bonds. The van der Waals surface area contributed by atoms with Gasteiger partial charge >= 0.3 is 12.0 Å². The largest absolute Gasteiger partial charge is 0.480 e. The number of likely N-dealkylation sites (N-methyl/N-ethyl adjacent to an activating group) is 1. The normalized spacial score (nSPS) is 12.0. The third-order valence-corrected chi connectivity index (χ3v) is 2.99. The number of carbonyl (C=O) groups is 2. The number of carboxylic acids is 1. The van der Waals surface area contributed by atoms with Gasteiger partial charge in [-0.15, -0.1) is 0 Å². The van der Waals surface area contributed by atoms with Gasteiger partial charge in [-0.3, -0.25) is 4.98 Å². The zero-order chi connectivity index (χ0) is 15.1. The van der Waals surface area contributed by atoms with Crippen LogP contribution in [-0.2, 0) is 11.2 Å². The van der Waals surface area contributed by atoms with Crippen LogP contribution in [0.3, 0.4) is 0 Å². The third-order valence-electron chi connectivity index (χ3n) is 2.99. The molecule has 0 spiro atoms. The second-order valence-electron chi connectivity index (χ2n) is 5.00. The van der Waals surface area contributed by atoms with E-state index in [9.17, 15) is 9.59 Å². The van der Waals surface area contributed by atoms with E-state index in [1.807, 2.05) is 18.2 Å². The summed E-state index contributed by atoms with van der Waals surface area (Å²) in [5.74, 6) is -1.19. The van der Waals surface area contributed by atoms with E-state index in [1.165, 1.54) is 4.90 Å². The first kappa shape index (κ1) is 15.9. The highest BCUT2D eigenvalue weighted by molar-refractivity contribution is 5.82. The molecule has 1 heterocycles. The SMILES string of the molecule is CC(C)C(NC(=O)N(C)CCc1ccccn1)C(=O)O. The van der Waals surface area contributed by atoms with Gasteiger partial charge in [0.15, 0.2) is 0 Å². The molecule has 0 saturated heterocycles. The number of urea groups is 1. The van der Waals surface area contributed by atoms with Gasteiger partial charge < -0.3 is 15.3 Å². The Labute approximate surface area is 118 Å². The smallest absolute Gasteiger partial charge is 0.326 e. The van der Waals surface area contributed by atoms with Gasteiger partial charge in [0.25, 0.3) is 0 Å². The van der Waals surface area contributed by atoms with Crippen molar-refractivity contribution >= 4 is 12.0 Å². The van der Waals surface area contributed by atoms with Crippen LogP contribution in [0.2, 0.25) is 0 Å². The fraction of sp³-hybridized carbons (Fsp3) is 0.500. The summed E-state index contributed by atoms with van der Waals surface area (Å²) in [4.78, 5) is 28.6. The molecule has 1 aromatic heterocycles. The zero-order valence-corrected chi connectivity index (χ0v) is 12.0. The molecule has 0 bridgehead atoms. The van der Waals surface area contributed by atoms with Crippen LogP contribution in [0.4, 0.5) is 4.79 Å². The standard InChI is InChI=1S/C14H21N3O3/c1-10(2)12(13(18)19)16-14(20)17(3)9-7-11-6-4-5-8-15-11/h4-6,8,10,12H,7,9H2,1-3H3,(H,16,20)(H,18,19). The predicted molar refractivity (Wildman–Crippen MR) is 75.4 cm³/mol. The van der Waals surface area contributed by atoms with E-state index < -0.39 is 12.0 Å². The van der Waals surface area contributed by atoms with Gasteiger partial charge in [-0.2, -0.15) is 0 Å². The van der Waals surface area contributed by atoms with Crippen LogP contribution < -0.4 is 5.32 Å². The van der Waals surface area contributed by atoms with E-state index in [0.29, 0.717) is 13.0 Å². The molecule has 0 saturated carbocycles. The van der Waals surface area contributed by atoms with E-state index >= 15 is 0 Å². The summed E-state index contributed by atoms with van der Waals surface area (Å²) in [7, 11) is 1.64. The summed E-state index contributed by atoms with van der Waals surface area (Å²) in [5.41, 5.74) is 0.894. The Bertz CT molecular complexity index is 448. The molecule has 6 heteroatoms. The Morgan fingerprint density at radius 1 is 1.40 bits per heavy atom. The fourth-order valence-electron chi connectivity index (χ4n) is 1.69. The number of hydrogen-bond donors (Lipinski definition) is 2. The van der Waals surface area contributed by atoms with Gasteiger partial charge in [-0.05, 0) is 18.1 Å². The summed E-state index contributed by atoms with van der Waals surface area (Å²) < 4.78 is 0. The van der Waals surface area contributed by atoms with Gasteiger partial charge in [0, 0.05) is 31.9 Å². The lowest BCUT2D eigenvalue weighted by molar-refractivity contribution is -0.140. The average Bonchev–Trinajstić information content (AvgIpc) is 2.42. The molecule has 0 fully saturated rings. The van der Waals surface area contributed by atoms with Gasteiger partial charge in [0.2, 0.25) is 0 Å². The zero-order valence-electron chi connectivity index (χ0n) is 12.0. The van der Waals surface area contributed by atoms with Gasteiger partial charge in [0.1, 0.15) is 6.04 Å². The number of carboxylic acid groups (broad SMARTS) is 1. The molecule has 1 atom stereocenters. The van der Waals surface area contributed by atoms with Crippen LogP contribution in [0.5, 0.6) is 0 Å². The number of aliphatic carboxylic acids is 1. The number of nitrogens with zero attached hydrogens (tertiary/aromatic N) is 2. The van der Waals surface area contributed by atoms with Crippen LogP contribution in [0, 0.1) is 5.92 Å². The van der Waals surface area contributed by atoms with E-state index in [0.717, 1.165) is 5.69 Å². The van der Waals surface area contributed by atoms with Crippen LogP contribution in [-0.4, -0.2) is 46.6 Å². The Morgan fingerprint density at radius 3 is 2.60 bits per heavy atom. The van der Waals surface area contributed by atoms with E-state index in [1.54, 1.807) is 27.1 Å². The minimum absolute atomic E-state index is 0.166.